The van der Waals surface area contributed by atoms with E-state index in [-0.39, 0.29) is 12.5 Å². The number of carbonyl (C=O) groups excluding carboxylic acids is 1. The Labute approximate surface area is 78.3 Å². The summed E-state index contributed by atoms with van der Waals surface area (Å²) < 4.78 is 4.96. The zero-order chi connectivity index (χ0) is 9.90. The molecule has 1 aliphatic heterocycles. The molecule has 0 aromatic carbocycles. The van der Waals surface area contributed by atoms with E-state index >= 15 is 0 Å². The minimum absolute atomic E-state index is 0.00708. The number of hydrogen-bond acceptors (Lipinski definition) is 3. The third-order valence-electron chi connectivity index (χ3n) is 2.05. The van der Waals surface area contributed by atoms with Crippen LogP contribution in [0.15, 0.2) is 0 Å². The van der Waals surface area contributed by atoms with Gasteiger partial charge in [0.15, 0.2) is 0 Å². The molecule has 4 heteroatoms. The third kappa shape index (κ3) is 3.32. The van der Waals surface area contributed by atoms with Crippen LogP contribution in [0.1, 0.15) is 20.3 Å². The lowest BCUT2D eigenvalue weighted by atomic mass is 10.0. The Morgan fingerprint density at radius 2 is 2.23 bits per heavy atom. The molecule has 0 aromatic heterocycles. The number of aliphatic hydroxyl groups excluding tert-OH is 1. The van der Waals surface area contributed by atoms with Crippen molar-refractivity contribution in [2.45, 2.75) is 25.8 Å². The number of nitrogens with one attached hydrogen (secondary N) is 1. The van der Waals surface area contributed by atoms with E-state index in [0.717, 1.165) is 0 Å². The van der Waals surface area contributed by atoms with Gasteiger partial charge in [-0.25, -0.2) is 0 Å². The summed E-state index contributed by atoms with van der Waals surface area (Å²) in [4.78, 5) is 11.3. The Morgan fingerprint density at radius 3 is 2.62 bits per heavy atom. The van der Waals surface area contributed by atoms with Crippen molar-refractivity contribution in [2.75, 3.05) is 19.8 Å². The molecule has 0 aromatic rings. The van der Waals surface area contributed by atoms with Gasteiger partial charge in [0.05, 0.1) is 25.4 Å². The maximum atomic E-state index is 11.3. The van der Waals surface area contributed by atoms with Crippen LogP contribution in [0.25, 0.3) is 0 Å². The van der Waals surface area contributed by atoms with Crippen molar-refractivity contribution in [3.05, 3.63) is 0 Å². The molecule has 1 aliphatic rings. The van der Waals surface area contributed by atoms with Crippen molar-refractivity contribution in [1.82, 2.24) is 5.32 Å². The number of hydrogen-bond donors (Lipinski definition) is 2. The molecule has 2 N–H and O–H groups in total. The summed E-state index contributed by atoms with van der Waals surface area (Å²) in [6.07, 6.45) is 0.503. The van der Waals surface area contributed by atoms with Crippen LogP contribution < -0.4 is 5.32 Å². The Bertz CT molecular complexity index is 187. The highest BCUT2D eigenvalue weighted by Crippen LogP contribution is 2.14. The Balaban J connectivity index is 2.23. The van der Waals surface area contributed by atoms with Crippen LogP contribution >= 0.6 is 0 Å². The van der Waals surface area contributed by atoms with Crippen molar-refractivity contribution < 1.29 is 14.6 Å². The summed E-state index contributed by atoms with van der Waals surface area (Å²) in [5.41, 5.74) is -0.512. The van der Waals surface area contributed by atoms with Gasteiger partial charge in [-0.05, 0) is 13.8 Å². The number of rotatable bonds is 4. The average Bonchev–Trinajstić information content (AvgIpc) is 1.96. The van der Waals surface area contributed by atoms with Gasteiger partial charge in [-0.3, -0.25) is 4.79 Å². The van der Waals surface area contributed by atoms with Crippen LogP contribution in [0.4, 0.5) is 0 Å². The topological polar surface area (TPSA) is 58.6 Å². The lowest BCUT2D eigenvalue weighted by Gasteiger charge is -2.28. The highest BCUT2D eigenvalue weighted by atomic mass is 16.5. The van der Waals surface area contributed by atoms with Crippen molar-refractivity contribution in [2.24, 2.45) is 5.92 Å². The highest BCUT2D eigenvalue weighted by molar-refractivity contribution is 5.77. The van der Waals surface area contributed by atoms with Crippen molar-refractivity contribution in [3.63, 3.8) is 0 Å². The third-order valence-corrected chi connectivity index (χ3v) is 2.05. The Hall–Kier alpha value is -0.610. The van der Waals surface area contributed by atoms with E-state index in [2.05, 4.69) is 5.32 Å². The van der Waals surface area contributed by atoms with Gasteiger partial charge >= 0.3 is 0 Å². The molecule has 0 radical (unpaired) electrons. The molecule has 1 saturated heterocycles. The van der Waals surface area contributed by atoms with Crippen molar-refractivity contribution in [1.29, 1.82) is 0 Å². The number of ether oxygens (including phenoxy) is 1. The molecule has 76 valence electrons. The van der Waals surface area contributed by atoms with Crippen LogP contribution in [0, 0.1) is 5.92 Å². The summed E-state index contributed by atoms with van der Waals surface area (Å²) in [5, 5.41) is 11.7. The second-order valence-corrected chi connectivity index (χ2v) is 4.20. The predicted octanol–water partition coefficient (Wildman–Crippen LogP) is -0.0900. The van der Waals surface area contributed by atoms with Crippen molar-refractivity contribution in [3.8, 4) is 0 Å². The summed E-state index contributed by atoms with van der Waals surface area (Å²) in [6.45, 7) is 4.92. The average molecular weight is 187 g/mol. The van der Waals surface area contributed by atoms with Gasteiger partial charge in [0.25, 0.3) is 0 Å². The Morgan fingerprint density at radius 1 is 1.62 bits per heavy atom. The van der Waals surface area contributed by atoms with E-state index in [1.165, 1.54) is 0 Å². The van der Waals surface area contributed by atoms with Gasteiger partial charge < -0.3 is 15.2 Å². The van der Waals surface area contributed by atoms with E-state index in [0.29, 0.717) is 25.6 Å². The fraction of sp³-hybridized carbons (Fsp3) is 0.889. The Kier molecular flexibility index (Phi) is 3.27. The molecular formula is C9H17NO3. The van der Waals surface area contributed by atoms with E-state index in [9.17, 15) is 4.79 Å². The lowest BCUT2D eigenvalue weighted by molar-refractivity contribution is -0.128. The SMILES string of the molecule is CC(C)(CO)NC(=O)CC1COC1. The van der Waals surface area contributed by atoms with Gasteiger partial charge in [-0.2, -0.15) is 0 Å². The normalized spacial score (nSPS) is 18.1. The molecule has 0 bridgehead atoms. The molecule has 0 spiro atoms. The fourth-order valence-corrected chi connectivity index (χ4v) is 1.13. The first-order valence-corrected chi connectivity index (χ1v) is 4.53. The lowest BCUT2D eigenvalue weighted by Crippen LogP contribution is -2.47. The summed E-state index contributed by atoms with van der Waals surface area (Å²) in [7, 11) is 0. The number of amides is 1. The van der Waals surface area contributed by atoms with E-state index < -0.39 is 5.54 Å². The molecule has 0 atom stereocenters. The molecular weight excluding hydrogens is 170 g/mol. The van der Waals surface area contributed by atoms with Crippen LogP contribution in [-0.2, 0) is 9.53 Å². The minimum Gasteiger partial charge on any atom is -0.394 e. The summed E-state index contributed by atoms with van der Waals surface area (Å²) in [6, 6.07) is 0. The second kappa shape index (κ2) is 4.07. The van der Waals surface area contributed by atoms with Crippen LogP contribution in [-0.4, -0.2) is 36.4 Å². The number of aliphatic hydroxyl groups is 1. The van der Waals surface area contributed by atoms with Crippen LogP contribution in [0.3, 0.4) is 0 Å². The van der Waals surface area contributed by atoms with Gasteiger partial charge in [-0.1, -0.05) is 0 Å². The standard InChI is InChI=1S/C9H17NO3/c1-9(2,6-11)10-8(12)3-7-4-13-5-7/h7,11H,3-6H2,1-2H3,(H,10,12). The molecule has 13 heavy (non-hydrogen) atoms. The van der Waals surface area contributed by atoms with E-state index in [4.69, 9.17) is 9.84 Å². The first-order chi connectivity index (χ1) is 6.03. The predicted molar refractivity (Wildman–Crippen MR) is 48.2 cm³/mol. The van der Waals surface area contributed by atoms with E-state index in [1.54, 1.807) is 13.8 Å². The van der Waals surface area contributed by atoms with Crippen LogP contribution in [0.2, 0.25) is 0 Å². The second-order valence-electron chi connectivity index (χ2n) is 4.20. The van der Waals surface area contributed by atoms with E-state index in [1.807, 2.05) is 0 Å². The van der Waals surface area contributed by atoms with Gasteiger partial charge in [0.2, 0.25) is 5.91 Å². The molecule has 1 fully saturated rings. The van der Waals surface area contributed by atoms with Gasteiger partial charge in [-0.15, -0.1) is 0 Å². The zero-order valence-electron chi connectivity index (χ0n) is 8.17. The molecule has 0 unspecified atom stereocenters. The molecule has 1 amide bonds. The van der Waals surface area contributed by atoms with Gasteiger partial charge in [0.1, 0.15) is 0 Å². The first kappa shape index (κ1) is 10.5. The summed E-state index contributed by atoms with van der Waals surface area (Å²) >= 11 is 0. The van der Waals surface area contributed by atoms with Gasteiger partial charge in [0, 0.05) is 12.3 Å². The minimum atomic E-state index is -0.512. The quantitative estimate of drug-likeness (QED) is 0.646. The largest absolute Gasteiger partial charge is 0.394 e. The zero-order valence-corrected chi connectivity index (χ0v) is 8.17. The molecule has 4 nitrogen and oxygen atoms in total. The maximum Gasteiger partial charge on any atom is 0.220 e. The molecule has 0 saturated carbocycles. The monoisotopic (exact) mass is 187 g/mol. The van der Waals surface area contributed by atoms with Crippen LogP contribution in [0.5, 0.6) is 0 Å². The maximum absolute atomic E-state index is 11.3. The van der Waals surface area contributed by atoms with Crippen molar-refractivity contribution >= 4 is 5.91 Å². The molecule has 1 heterocycles. The summed E-state index contributed by atoms with van der Waals surface area (Å²) in [5.74, 6) is 0.363. The first-order valence-electron chi connectivity index (χ1n) is 4.53. The highest BCUT2D eigenvalue weighted by Gasteiger charge is 2.25. The molecule has 0 aliphatic carbocycles. The number of carbonyl (C=O) groups is 1. The molecule has 1 rings (SSSR count). The smallest absolute Gasteiger partial charge is 0.220 e. The fourth-order valence-electron chi connectivity index (χ4n) is 1.13.